The summed E-state index contributed by atoms with van der Waals surface area (Å²) >= 11 is 0. The van der Waals surface area contributed by atoms with E-state index in [4.69, 9.17) is 11.5 Å². The lowest BCUT2D eigenvalue weighted by atomic mass is 10.1. The van der Waals surface area contributed by atoms with Gasteiger partial charge in [0.2, 0.25) is 0 Å². The van der Waals surface area contributed by atoms with Crippen LogP contribution in [-0.2, 0) is 4.79 Å². The fraction of sp³-hybridized carbons (Fsp3) is 0.308. The third-order valence-electron chi connectivity index (χ3n) is 2.52. The van der Waals surface area contributed by atoms with Crippen molar-refractivity contribution in [2.24, 2.45) is 0 Å². The molecule has 100 valence electrons. The smallest absolute Gasteiger partial charge is 0.327 e. The van der Waals surface area contributed by atoms with Crippen molar-refractivity contribution < 1.29 is 14.7 Å². The number of aromatic amines is 1. The van der Waals surface area contributed by atoms with Crippen LogP contribution < -0.4 is 10.9 Å². The number of aryl methyl sites for hydroxylation is 2. The highest BCUT2D eigenvalue weighted by atomic mass is 16.4. The first kappa shape index (κ1) is 14.5. The van der Waals surface area contributed by atoms with E-state index in [2.05, 4.69) is 16.2 Å². The second kappa shape index (κ2) is 5.87. The minimum Gasteiger partial charge on any atom is -0.480 e. The van der Waals surface area contributed by atoms with E-state index in [1.54, 1.807) is 19.9 Å². The molecule has 6 heteroatoms. The monoisotopic (exact) mass is 262 g/mol. The molecule has 0 bridgehead atoms. The number of pyridine rings is 1. The third-order valence-corrected chi connectivity index (χ3v) is 2.52. The Labute approximate surface area is 109 Å². The number of terminal acetylenes is 1. The predicted molar refractivity (Wildman–Crippen MR) is 68.9 cm³/mol. The maximum Gasteiger partial charge on any atom is 0.327 e. The third kappa shape index (κ3) is 3.45. The van der Waals surface area contributed by atoms with Crippen molar-refractivity contribution >= 4 is 11.9 Å². The van der Waals surface area contributed by atoms with Gasteiger partial charge in [-0.3, -0.25) is 9.59 Å². The van der Waals surface area contributed by atoms with Gasteiger partial charge in [0.15, 0.2) is 0 Å². The molecule has 0 saturated heterocycles. The van der Waals surface area contributed by atoms with Crippen LogP contribution >= 0.6 is 0 Å². The Balaban J connectivity index is 3.05. The minimum absolute atomic E-state index is 0.103. The number of rotatable bonds is 4. The zero-order valence-electron chi connectivity index (χ0n) is 10.6. The predicted octanol–water partition coefficient (Wildman–Crippen LogP) is 0.198. The molecule has 3 N–H and O–H groups in total. The van der Waals surface area contributed by atoms with Crippen LogP contribution in [-0.4, -0.2) is 28.0 Å². The lowest BCUT2D eigenvalue weighted by molar-refractivity contribution is -0.139. The second-order valence-corrected chi connectivity index (χ2v) is 4.11. The summed E-state index contributed by atoms with van der Waals surface area (Å²) in [6.07, 6.45) is 4.88. The van der Waals surface area contributed by atoms with Crippen LogP contribution in [0.4, 0.5) is 0 Å². The molecule has 1 aromatic rings. The Bertz CT molecular complexity index is 610. The van der Waals surface area contributed by atoms with E-state index in [1.807, 2.05) is 0 Å². The van der Waals surface area contributed by atoms with Gasteiger partial charge in [0, 0.05) is 12.1 Å². The highest BCUT2D eigenvalue weighted by Gasteiger charge is 2.22. The molecule has 0 aliphatic rings. The van der Waals surface area contributed by atoms with Crippen LogP contribution in [0.2, 0.25) is 0 Å². The van der Waals surface area contributed by atoms with E-state index in [0.29, 0.717) is 11.3 Å². The van der Waals surface area contributed by atoms with Gasteiger partial charge in [-0.05, 0) is 25.5 Å². The first-order valence-corrected chi connectivity index (χ1v) is 5.54. The molecule has 0 radical (unpaired) electrons. The van der Waals surface area contributed by atoms with Crippen LogP contribution in [0.25, 0.3) is 0 Å². The summed E-state index contributed by atoms with van der Waals surface area (Å²) in [5.41, 5.74) is 0.440. The van der Waals surface area contributed by atoms with Crippen LogP contribution in [0.15, 0.2) is 10.9 Å². The number of amides is 1. The molecular weight excluding hydrogens is 248 g/mol. The Kier molecular flexibility index (Phi) is 4.48. The fourth-order valence-electron chi connectivity index (χ4n) is 1.68. The highest BCUT2D eigenvalue weighted by Crippen LogP contribution is 2.04. The van der Waals surface area contributed by atoms with Gasteiger partial charge in [0.25, 0.3) is 11.5 Å². The standard InChI is InChI=1S/C13H14N2O4/c1-4-5-9(13(18)19)15-12(17)10-7(2)6-8(3)14-11(10)16/h1,6,9H,5H2,2-3H3,(H,14,16)(H,15,17)(H,18,19). The SMILES string of the molecule is C#CCC(NC(=O)c1c(C)cc(C)[nH]c1=O)C(=O)O. The molecule has 1 rings (SSSR count). The van der Waals surface area contributed by atoms with E-state index < -0.39 is 23.5 Å². The van der Waals surface area contributed by atoms with Gasteiger partial charge in [-0.1, -0.05) is 0 Å². The quantitative estimate of drug-likeness (QED) is 0.675. The van der Waals surface area contributed by atoms with E-state index >= 15 is 0 Å². The van der Waals surface area contributed by atoms with Crippen molar-refractivity contribution in [1.29, 1.82) is 0 Å². The Morgan fingerprint density at radius 1 is 1.53 bits per heavy atom. The van der Waals surface area contributed by atoms with Crippen LogP contribution in [0.5, 0.6) is 0 Å². The molecule has 1 heterocycles. The zero-order chi connectivity index (χ0) is 14.6. The van der Waals surface area contributed by atoms with Gasteiger partial charge in [-0.25, -0.2) is 4.79 Å². The summed E-state index contributed by atoms with van der Waals surface area (Å²) in [6, 6.07) is 0.422. The average molecular weight is 262 g/mol. The number of carbonyl (C=O) groups is 2. The highest BCUT2D eigenvalue weighted by molar-refractivity contribution is 5.97. The molecule has 1 amide bonds. The van der Waals surface area contributed by atoms with Gasteiger partial charge < -0.3 is 15.4 Å². The number of carbonyl (C=O) groups excluding carboxylic acids is 1. The van der Waals surface area contributed by atoms with Crippen molar-refractivity contribution in [2.75, 3.05) is 0 Å². The zero-order valence-corrected chi connectivity index (χ0v) is 10.6. The maximum atomic E-state index is 11.9. The van der Waals surface area contributed by atoms with Gasteiger partial charge in [-0.2, -0.15) is 0 Å². The van der Waals surface area contributed by atoms with Crippen molar-refractivity contribution in [3.05, 3.63) is 33.2 Å². The molecule has 0 fully saturated rings. The molecule has 0 aromatic carbocycles. The number of aliphatic carboxylic acids is 1. The van der Waals surface area contributed by atoms with Crippen LogP contribution in [0, 0.1) is 26.2 Å². The lowest BCUT2D eigenvalue weighted by Gasteiger charge is -2.12. The van der Waals surface area contributed by atoms with E-state index in [0.717, 1.165) is 0 Å². The largest absolute Gasteiger partial charge is 0.480 e. The molecule has 19 heavy (non-hydrogen) atoms. The van der Waals surface area contributed by atoms with E-state index in [-0.39, 0.29) is 12.0 Å². The summed E-state index contributed by atoms with van der Waals surface area (Å²) in [4.78, 5) is 37.0. The summed E-state index contributed by atoms with van der Waals surface area (Å²) in [6.45, 7) is 3.29. The van der Waals surface area contributed by atoms with Gasteiger partial charge in [0.05, 0.1) is 0 Å². The van der Waals surface area contributed by atoms with Gasteiger partial charge in [-0.15, -0.1) is 12.3 Å². The van der Waals surface area contributed by atoms with Crippen molar-refractivity contribution in [1.82, 2.24) is 10.3 Å². The molecule has 0 aliphatic carbocycles. The first-order valence-electron chi connectivity index (χ1n) is 5.54. The molecule has 1 atom stereocenters. The molecule has 0 spiro atoms. The molecule has 1 unspecified atom stereocenters. The Morgan fingerprint density at radius 2 is 2.16 bits per heavy atom. The van der Waals surface area contributed by atoms with E-state index in [1.165, 1.54) is 0 Å². The number of carboxylic acids is 1. The number of H-pyrrole nitrogens is 1. The Morgan fingerprint density at radius 3 is 2.63 bits per heavy atom. The lowest BCUT2D eigenvalue weighted by Crippen LogP contribution is -2.42. The van der Waals surface area contributed by atoms with Crippen LogP contribution in [0.1, 0.15) is 28.0 Å². The summed E-state index contributed by atoms with van der Waals surface area (Å²) < 4.78 is 0. The molecule has 1 aromatic heterocycles. The van der Waals surface area contributed by atoms with E-state index in [9.17, 15) is 14.4 Å². The van der Waals surface area contributed by atoms with Gasteiger partial charge in [0.1, 0.15) is 11.6 Å². The molecule has 0 aliphatic heterocycles. The fourth-order valence-corrected chi connectivity index (χ4v) is 1.68. The van der Waals surface area contributed by atoms with Crippen molar-refractivity contribution in [3.63, 3.8) is 0 Å². The summed E-state index contributed by atoms with van der Waals surface area (Å²) in [5.74, 6) is 0.171. The maximum absolute atomic E-state index is 11.9. The number of aromatic nitrogens is 1. The van der Waals surface area contributed by atoms with Crippen molar-refractivity contribution in [3.8, 4) is 12.3 Å². The second-order valence-electron chi connectivity index (χ2n) is 4.11. The number of nitrogens with one attached hydrogen (secondary N) is 2. The molecule has 6 nitrogen and oxygen atoms in total. The summed E-state index contributed by atoms with van der Waals surface area (Å²) in [7, 11) is 0. The Hall–Kier alpha value is -2.55. The summed E-state index contributed by atoms with van der Waals surface area (Å²) in [5, 5.41) is 11.1. The topological polar surface area (TPSA) is 99.3 Å². The number of hydrogen-bond acceptors (Lipinski definition) is 3. The molecular formula is C13H14N2O4. The first-order chi connectivity index (χ1) is 8.86. The molecule has 0 saturated carbocycles. The van der Waals surface area contributed by atoms with Crippen LogP contribution in [0.3, 0.4) is 0 Å². The average Bonchev–Trinajstić information content (AvgIpc) is 2.26. The van der Waals surface area contributed by atoms with Gasteiger partial charge >= 0.3 is 5.97 Å². The minimum atomic E-state index is -1.24. The normalized spacial score (nSPS) is 11.4. The number of hydrogen-bond donors (Lipinski definition) is 3. The van der Waals surface area contributed by atoms with Crippen molar-refractivity contribution in [2.45, 2.75) is 26.3 Å². The number of carboxylic acid groups (broad SMARTS) is 1.